The van der Waals surface area contributed by atoms with Gasteiger partial charge in [-0.1, -0.05) is 0 Å². The highest BCUT2D eigenvalue weighted by Gasteiger charge is 2.30. The van der Waals surface area contributed by atoms with E-state index in [2.05, 4.69) is 15.4 Å². The van der Waals surface area contributed by atoms with Crippen LogP contribution in [-0.4, -0.2) is 37.0 Å². The lowest BCUT2D eigenvalue weighted by Gasteiger charge is -2.18. The van der Waals surface area contributed by atoms with E-state index in [0.29, 0.717) is 38.5 Å². The number of hydrogen-bond acceptors (Lipinski definition) is 5. The molecule has 0 saturated carbocycles. The minimum absolute atomic E-state index is 0.159. The van der Waals surface area contributed by atoms with Crippen LogP contribution in [-0.2, 0) is 19.1 Å². The van der Waals surface area contributed by atoms with Crippen LogP contribution >= 0.6 is 0 Å². The second kappa shape index (κ2) is 8.15. The normalized spacial score (nSPS) is 18.8. The third-order valence-corrected chi connectivity index (χ3v) is 3.15. The van der Waals surface area contributed by atoms with E-state index in [1.54, 1.807) is 0 Å². The van der Waals surface area contributed by atoms with Gasteiger partial charge in [-0.15, -0.1) is 0 Å². The van der Waals surface area contributed by atoms with Gasteiger partial charge in [0.25, 0.3) is 0 Å². The molecule has 2 atom stereocenters. The number of amides is 2. The third kappa shape index (κ3) is 4.88. The van der Waals surface area contributed by atoms with E-state index < -0.39 is 18.1 Å². The summed E-state index contributed by atoms with van der Waals surface area (Å²) >= 11 is 0. The molecule has 0 aromatic heterocycles. The Bertz CT molecular complexity index is 416. The van der Waals surface area contributed by atoms with E-state index in [1.165, 1.54) is 7.11 Å². The molecule has 0 aromatic rings. The molecule has 0 aliphatic carbocycles. The number of carbonyl (C=O) groups is 3. The summed E-state index contributed by atoms with van der Waals surface area (Å²) in [4.78, 5) is 34.6. The predicted octanol–water partition coefficient (Wildman–Crippen LogP) is 0.00678. The molecule has 1 heterocycles. The third-order valence-electron chi connectivity index (χ3n) is 3.15. The SMILES string of the molecule is COC(=O)[C@H](CCCCC#N)NC(=O)[C@H]1CCC(=O)N1. The fraction of sp³-hybridized carbons (Fsp3) is 0.692. The Morgan fingerprint density at radius 1 is 1.55 bits per heavy atom. The van der Waals surface area contributed by atoms with Crippen LogP contribution in [0.25, 0.3) is 0 Å². The quantitative estimate of drug-likeness (QED) is 0.504. The highest BCUT2D eigenvalue weighted by Crippen LogP contribution is 2.09. The van der Waals surface area contributed by atoms with Gasteiger partial charge in [0.1, 0.15) is 12.1 Å². The van der Waals surface area contributed by atoms with E-state index in [4.69, 9.17) is 5.26 Å². The van der Waals surface area contributed by atoms with Crippen LogP contribution in [0.2, 0.25) is 0 Å². The summed E-state index contributed by atoms with van der Waals surface area (Å²) in [6.45, 7) is 0. The first-order valence-corrected chi connectivity index (χ1v) is 6.63. The van der Waals surface area contributed by atoms with Crippen LogP contribution in [0.4, 0.5) is 0 Å². The summed E-state index contributed by atoms with van der Waals surface area (Å²) in [5.41, 5.74) is 0. The molecule has 2 N–H and O–H groups in total. The van der Waals surface area contributed by atoms with Crippen molar-refractivity contribution in [3.8, 4) is 6.07 Å². The van der Waals surface area contributed by atoms with Gasteiger partial charge in [-0.25, -0.2) is 4.79 Å². The number of nitriles is 1. The Hall–Kier alpha value is -2.10. The van der Waals surface area contributed by atoms with E-state index in [9.17, 15) is 14.4 Å². The first-order valence-electron chi connectivity index (χ1n) is 6.63. The molecule has 1 saturated heterocycles. The van der Waals surface area contributed by atoms with Crippen LogP contribution in [0.1, 0.15) is 38.5 Å². The zero-order valence-corrected chi connectivity index (χ0v) is 11.5. The summed E-state index contributed by atoms with van der Waals surface area (Å²) < 4.78 is 4.65. The number of methoxy groups -OCH3 is 1. The summed E-state index contributed by atoms with van der Waals surface area (Å²) in [5, 5.41) is 13.6. The average Bonchev–Trinajstić information content (AvgIpc) is 2.88. The minimum atomic E-state index is -0.733. The summed E-state index contributed by atoms with van der Waals surface area (Å²) in [7, 11) is 1.26. The molecule has 110 valence electrons. The maximum absolute atomic E-state index is 11.9. The number of ether oxygens (including phenoxy) is 1. The van der Waals surface area contributed by atoms with Gasteiger partial charge >= 0.3 is 5.97 Å². The number of esters is 1. The first-order chi connectivity index (χ1) is 9.58. The largest absolute Gasteiger partial charge is 0.467 e. The fourth-order valence-corrected chi connectivity index (χ4v) is 2.03. The second-order valence-electron chi connectivity index (χ2n) is 4.65. The fourth-order valence-electron chi connectivity index (χ4n) is 2.03. The number of carbonyl (C=O) groups excluding carboxylic acids is 3. The molecule has 7 nitrogen and oxygen atoms in total. The summed E-state index contributed by atoms with van der Waals surface area (Å²) in [6.07, 6.45) is 2.90. The zero-order valence-electron chi connectivity index (χ0n) is 11.5. The van der Waals surface area contributed by atoms with Crippen LogP contribution in [0, 0.1) is 11.3 Å². The molecule has 0 spiro atoms. The molecule has 1 aliphatic heterocycles. The van der Waals surface area contributed by atoms with Crippen LogP contribution < -0.4 is 10.6 Å². The van der Waals surface area contributed by atoms with Crippen molar-refractivity contribution in [1.82, 2.24) is 10.6 Å². The Kier molecular flexibility index (Phi) is 6.50. The van der Waals surface area contributed by atoms with E-state index in [0.717, 1.165) is 0 Å². The van der Waals surface area contributed by atoms with Crippen molar-refractivity contribution in [3.63, 3.8) is 0 Å². The van der Waals surface area contributed by atoms with Crippen molar-refractivity contribution < 1.29 is 19.1 Å². The van der Waals surface area contributed by atoms with Gasteiger partial charge in [-0.2, -0.15) is 5.26 Å². The lowest BCUT2D eigenvalue weighted by atomic mass is 10.1. The van der Waals surface area contributed by atoms with Crippen molar-refractivity contribution in [2.45, 2.75) is 50.6 Å². The molecule has 0 unspecified atom stereocenters. The number of unbranched alkanes of at least 4 members (excludes halogenated alkanes) is 2. The molecule has 0 bridgehead atoms. The van der Waals surface area contributed by atoms with Crippen LogP contribution in [0.15, 0.2) is 0 Å². The highest BCUT2D eigenvalue weighted by molar-refractivity contribution is 5.93. The summed E-state index contributed by atoms with van der Waals surface area (Å²) in [6, 6.07) is 0.716. The molecule has 0 radical (unpaired) electrons. The maximum Gasteiger partial charge on any atom is 0.328 e. The minimum Gasteiger partial charge on any atom is -0.467 e. The van der Waals surface area contributed by atoms with E-state index in [1.807, 2.05) is 6.07 Å². The van der Waals surface area contributed by atoms with Crippen molar-refractivity contribution in [2.75, 3.05) is 7.11 Å². The molecule has 20 heavy (non-hydrogen) atoms. The molecule has 1 rings (SSSR count). The lowest BCUT2D eigenvalue weighted by Crippen LogP contribution is -2.49. The van der Waals surface area contributed by atoms with Gasteiger partial charge in [0, 0.05) is 12.8 Å². The standard InChI is InChI=1S/C13H19N3O4/c1-20-13(19)10(5-3-2-4-8-14)16-12(18)9-6-7-11(17)15-9/h9-10H,2-7H2,1H3,(H,15,17)(H,16,18)/t9-,10+/m1/s1. The average molecular weight is 281 g/mol. The van der Waals surface area contributed by atoms with Gasteiger partial charge in [-0.05, 0) is 25.7 Å². The van der Waals surface area contributed by atoms with Crippen LogP contribution in [0.5, 0.6) is 0 Å². The smallest absolute Gasteiger partial charge is 0.328 e. The number of nitrogens with one attached hydrogen (secondary N) is 2. The predicted molar refractivity (Wildman–Crippen MR) is 69.2 cm³/mol. The number of rotatable bonds is 7. The topological polar surface area (TPSA) is 108 Å². The monoisotopic (exact) mass is 281 g/mol. The van der Waals surface area contributed by atoms with Gasteiger partial charge in [0.05, 0.1) is 13.2 Å². The number of hydrogen-bond donors (Lipinski definition) is 2. The molecule has 0 aromatic carbocycles. The van der Waals surface area contributed by atoms with Crippen molar-refractivity contribution >= 4 is 17.8 Å². The molecular weight excluding hydrogens is 262 g/mol. The molecule has 1 fully saturated rings. The highest BCUT2D eigenvalue weighted by atomic mass is 16.5. The maximum atomic E-state index is 11.9. The lowest BCUT2D eigenvalue weighted by molar-refractivity contribution is -0.145. The molecular formula is C13H19N3O4. The van der Waals surface area contributed by atoms with Crippen molar-refractivity contribution in [2.24, 2.45) is 0 Å². The second-order valence-corrected chi connectivity index (χ2v) is 4.65. The Morgan fingerprint density at radius 3 is 2.85 bits per heavy atom. The first kappa shape index (κ1) is 16.0. The van der Waals surface area contributed by atoms with Gasteiger partial charge in [0.15, 0.2) is 0 Å². The molecule has 1 aliphatic rings. The van der Waals surface area contributed by atoms with E-state index in [-0.39, 0.29) is 11.8 Å². The Labute approximate surface area is 117 Å². The van der Waals surface area contributed by atoms with Crippen molar-refractivity contribution in [3.05, 3.63) is 0 Å². The number of nitrogens with zero attached hydrogens (tertiary/aromatic N) is 1. The molecule has 7 heteroatoms. The van der Waals surface area contributed by atoms with Gasteiger partial charge in [0.2, 0.25) is 11.8 Å². The summed E-state index contributed by atoms with van der Waals surface area (Å²) in [5.74, 6) is -1.04. The zero-order chi connectivity index (χ0) is 15.0. The van der Waals surface area contributed by atoms with E-state index >= 15 is 0 Å². The van der Waals surface area contributed by atoms with Crippen molar-refractivity contribution in [1.29, 1.82) is 5.26 Å². The Morgan fingerprint density at radius 2 is 2.30 bits per heavy atom. The van der Waals surface area contributed by atoms with Crippen LogP contribution in [0.3, 0.4) is 0 Å². The molecule has 2 amide bonds. The van der Waals surface area contributed by atoms with Gasteiger partial charge < -0.3 is 15.4 Å². The van der Waals surface area contributed by atoms with Gasteiger partial charge in [-0.3, -0.25) is 9.59 Å². The Balaban J connectivity index is 2.47.